The van der Waals surface area contributed by atoms with Crippen molar-refractivity contribution in [2.24, 2.45) is 0 Å². The number of para-hydroxylation sites is 1. The minimum absolute atomic E-state index is 0.0144. The van der Waals surface area contributed by atoms with Crippen molar-refractivity contribution in [2.45, 2.75) is 51.2 Å². The van der Waals surface area contributed by atoms with Crippen LogP contribution in [-0.4, -0.2) is 10.7 Å². The van der Waals surface area contributed by atoms with Crippen LogP contribution < -0.4 is 0 Å². The van der Waals surface area contributed by atoms with Gasteiger partial charge in [0.05, 0.1) is 12.2 Å². The maximum absolute atomic E-state index is 9.64. The van der Waals surface area contributed by atoms with E-state index in [1.807, 2.05) is 18.2 Å². The predicted octanol–water partition coefficient (Wildman–Crippen LogP) is 3.63. The molecular weight excluding hydrogens is 200 g/mol. The smallest absolute Gasteiger partial charge is 0.121 e. The topological polar surface area (TPSA) is 29.5 Å². The predicted molar refractivity (Wildman–Crippen MR) is 64.4 cm³/mol. The molecule has 0 bridgehead atoms. The number of aromatic hydroxyl groups is 1. The molecule has 1 aliphatic carbocycles. The second-order valence-electron chi connectivity index (χ2n) is 4.93. The number of hydrogen-bond acceptors (Lipinski definition) is 2. The van der Waals surface area contributed by atoms with E-state index in [9.17, 15) is 5.11 Å². The molecule has 1 N–H and O–H groups in total. The number of phenolic OH excluding ortho intramolecular Hbond substituents is 1. The molecule has 1 aromatic rings. The summed E-state index contributed by atoms with van der Waals surface area (Å²) in [5.74, 6) is 0.335. The molecule has 1 aliphatic rings. The molecule has 88 valence electrons. The molecule has 0 heterocycles. The fraction of sp³-hybridized carbons (Fsp3) is 0.571. The Kier molecular flexibility index (Phi) is 3.49. The third-order valence-electron chi connectivity index (χ3n) is 3.48. The maximum atomic E-state index is 9.64. The van der Waals surface area contributed by atoms with Crippen LogP contribution >= 0.6 is 0 Å². The van der Waals surface area contributed by atoms with Crippen LogP contribution in [0.3, 0.4) is 0 Å². The van der Waals surface area contributed by atoms with Crippen LogP contribution in [-0.2, 0) is 11.3 Å². The summed E-state index contributed by atoms with van der Waals surface area (Å²) in [6.45, 7) is 2.70. The second kappa shape index (κ2) is 4.88. The van der Waals surface area contributed by atoms with Gasteiger partial charge >= 0.3 is 0 Å². The largest absolute Gasteiger partial charge is 0.508 e. The zero-order valence-electron chi connectivity index (χ0n) is 9.91. The van der Waals surface area contributed by atoms with E-state index in [0.29, 0.717) is 12.4 Å². The van der Waals surface area contributed by atoms with Gasteiger partial charge in [-0.15, -0.1) is 0 Å². The molecule has 1 saturated carbocycles. The lowest BCUT2D eigenvalue weighted by atomic mass is 9.86. The number of benzene rings is 1. The van der Waals surface area contributed by atoms with Gasteiger partial charge in [-0.2, -0.15) is 0 Å². The first-order chi connectivity index (χ1) is 7.70. The minimum atomic E-state index is 0.0144. The van der Waals surface area contributed by atoms with E-state index < -0.39 is 0 Å². The molecule has 1 fully saturated rings. The zero-order valence-corrected chi connectivity index (χ0v) is 9.91. The van der Waals surface area contributed by atoms with E-state index in [1.54, 1.807) is 6.07 Å². The first-order valence-electron chi connectivity index (χ1n) is 6.10. The van der Waals surface area contributed by atoms with Crippen LogP contribution in [0.15, 0.2) is 24.3 Å². The Hall–Kier alpha value is -1.02. The summed E-state index contributed by atoms with van der Waals surface area (Å²) in [5, 5.41) is 9.64. The minimum Gasteiger partial charge on any atom is -0.508 e. The van der Waals surface area contributed by atoms with Gasteiger partial charge < -0.3 is 9.84 Å². The van der Waals surface area contributed by atoms with Gasteiger partial charge in [0, 0.05) is 5.56 Å². The third kappa shape index (κ3) is 2.76. The van der Waals surface area contributed by atoms with Gasteiger partial charge in [0.15, 0.2) is 0 Å². The standard InChI is InChI=1S/C14H20O2/c1-14(9-5-2-6-10-14)16-11-12-7-3-4-8-13(12)15/h3-4,7-8,15H,2,5-6,9-11H2,1H3. The molecular formula is C14H20O2. The van der Waals surface area contributed by atoms with Crippen LogP contribution in [0.5, 0.6) is 5.75 Å². The summed E-state index contributed by atoms with van der Waals surface area (Å²) < 4.78 is 5.98. The van der Waals surface area contributed by atoms with Crippen LogP contribution in [0.1, 0.15) is 44.6 Å². The molecule has 0 aromatic heterocycles. The average molecular weight is 220 g/mol. The SMILES string of the molecule is CC1(OCc2ccccc2O)CCCCC1. The third-order valence-corrected chi connectivity index (χ3v) is 3.48. The Morgan fingerprint density at radius 2 is 1.88 bits per heavy atom. The second-order valence-corrected chi connectivity index (χ2v) is 4.93. The van der Waals surface area contributed by atoms with Gasteiger partial charge in [-0.1, -0.05) is 37.5 Å². The highest BCUT2D eigenvalue weighted by atomic mass is 16.5. The molecule has 2 rings (SSSR count). The molecule has 0 atom stereocenters. The van der Waals surface area contributed by atoms with Crippen molar-refractivity contribution in [1.82, 2.24) is 0 Å². The summed E-state index contributed by atoms with van der Waals surface area (Å²) in [4.78, 5) is 0. The van der Waals surface area contributed by atoms with Crippen LogP contribution in [0.25, 0.3) is 0 Å². The van der Waals surface area contributed by atoms with Crippen molar-refractivity contribution < 1.29 is 9.84 Å². The van der Waals surface area contributed by atoms with Crippen molar-refractivity contribution in [3.05, 3.63) is 29.8 Å². The molecule has 0 spiro atoms. The summed E-state index contributed by atoms with van der Waals surface area (Å²) in [5.41, 5.74) is 0.898. The van der Waals surface area contributed by atoms with E-state index >= 15 is 0 Å². The zero-order chi connectivity index (χ0) is 11.4. The average Bonchev–Trinajstić information content (AvgIpc) is 2.29. The number of rotatable bonds is 3. The Balaban J connectivity index is 1.94. The van der Waals surface area contributed by atoms with Crippen LogP contribution in [0.2, 0.25) is 0 Å². The lowest BCUT2D eigenvalue weighted by Crippen LogP contribution is -2.31. The van der Waals surface area contributed by atoms with Crippen molar-refractivity contribution in [1.29, 1.82) is 0 Å². The molecule has 0 amide bonds. The Morgan fingerprint density at radius 3 is 2.56 bits per heavy atom. The van der Waals surface area contributed by atoms with E-state index in [-0.39, 0.29) is 5.60 Å². The molecule has 1 aromatic carbocycles. The highest BCUT2D eigenvalue weighted by molar-refractivity contribution is 5.31. The molecule has 16 heavy (non-hydrogen) atoms. The molecule has 0 saturated heterocycles. The fourth-order valence-electron chi connectivity index (χ4n) is 2.33. The number of phenols is 1. The summed E-state index contributed by atoms with van der Waals surface area (Å²) in [7, 11) is 0. The van der Waals surface area contributed by atoms with Crippen molar-refractivity contribution >= 4 is 0 Å². The number of hydrogen-bond donors (Lipinski definition) is 1. The molecule has 0 radical (unpaired) electrons. The lowest BCUT2D eigenvalue weighted by Gasteiger charge is -2.33. The Labute approximate surface area is 97.3 Å². The molecule has 2 nitrogen and oxygen atoms in total. The fourth-order valence-corrected chi connectivity index (χ4v) is 2.33. The highest BCUT2D eigenvalue weighted by Crippen LogP contribution is 2.32. The normalized spacial score (nSPS) is 19.6. The van der Waals surface area contributed by atoms with Crippen molar-refractivity contribution in [2.75, 3.05) is 0 Å². The van der Waals surface area contributed by atoms with Gasteiger partial charge in [0.2, 0.25) is 0 Å². The van der Waals surface area contributed by atoms with E-state index in [2.05, 4.69) is 6.92 Å². The van der Waals surface area contributed by atoms with Gasteiger partial charge in [0.1, 0.15) is 5.75 Å². The van der Waals surface area contributed by atoms with E-state index in [1.165, 1.54) is 19.3 Å². The van der Waals surface area contributed by atoms with Gasteiger partial charge in [-0.25, -0.2) is 0 Å². The van der Waals surface area contributed by atoms with Crippen molar-refractivity contribution in [3.8, 4) is 5.75 Å². The monoisotopic (exact) mass is 220 g/mol. The summed E-state index contributed by atoms with van der Waals surface area (Å²) in [6, 6.07) is 7.40. The van der Waals surface area contributed by atoms with E-state index in [4.69, 9.17) is 4.74 Å². The summed E-state index contributed by atoms with van der Waals surface area (Å²) >= 11 is 0. The molecule has 0 aliphatic heterocycles. The van der Waals surface area contributed by atoms with E-state index in [0.717, 1.165) is 18.4 Å². The maximum Gasteiger partial charge on any atom is 0.121 e. The molecule has 0 unspecified atom stereocenters. The number of ether oxygens (including phenoxy) is 1. The summed E-state index contributed by atoms with van der Waals surface area (Å²) in [6.07, 6.45) is 6.13. The quantitative estimate of drug-likeness (QED) is 0.842. The van der Waals surface area contributed by atoms with Crippen molar-refractivity contribution in [3.63, 3.8) is 0 Å². The first kappa shape index (κ1) is 11.5. The first-order valence-corrected chi connectivity index (χ1v) is 6.10. The Morgan fingerprint density at radius 1 is 1.19 bits per heavy atom. The Bertz CT molecular complexity index is 340. The highest BCUT2D eigenvalue weighted by Gasteiger charge is 2.27. The van der Waals surface area contributed by atoms with Gasteiger partial charge in [-0.05, 0) is 25.8 Å². The van der Waals surface area contributed by atoms with Crippen LogP contribution in [0.4, 0.5) is 0 Å². The van der Waals surface area contributed by atoms with Gasteiger partial charge in [0.25, 0.3) is 0 Å². The molecule has 2 heteroatoms. The lowest BCUT2D eigenvalue weighted by molar-refractivity contribution is -0.0670. The van der Waals surface area contributed by atoms with Gasteiger partial charge in [-0.3, -0.25) is 0 Å². The van der Waals surface area contributed by atoms with Crippen LogP contribution in [0, 0.1) is 0 Å².